The number of H-pyrrole nitrogens is 1. The zero-order valence-corrected chi connectivity index (χ0v) is 15.8. The average Bonchev–Trinajstić information content (AvgIpc) is 3.03. The van der Waals surface area contributed by atoms with Crippen LogP contribution in [0.2, 0.25) is 0 Å². The van der Waals surface area contributed by atoms with E-state index in [1.54, 1.807) is 6.07 Å². The Labute approximate surface area is 153 Å². The van der Waals surface area contributed by atoms with Crippen molar-refractivity contribution in [2.45, 2.75) is 53.2 Å². The second kappa shape index (κ2) is 7.86. The first-order valence-corrected chi connectivity index (χ1v) is 9.24. The molecule has 0 aliphatic carbocycles. The van der Waals surface area contributed by atoms with Gasteiger partial charge in [-0.2, -0.15) is 5.10 Å². The summed E-state index contributed by atoms with van der Waals surface area (Å²) in [6.45, 7) is 10.1. The maximum atomic E-state index is 12.3. The SMILES string of the molecule is CCCCN1CCn2nc(CNC(=O)c3cc(C)c(C)[nH]c3=O)cc2C1. The highest BCUT2D eigenvalue weighted by Gasteiger charge is 2.18. The number of hydrogen-bond donors (Lipinski definition) is 2. The second-order valence-corrected chi connectivity index (χ2v) is 6.98. The lowest BCUT2D eigenvalue weighted by molar-refractivity contribution is 0.0948. The highest BCUT2D eigenvalue weighted by molar-refractivity contribution is 5.93. The van der Waals surface area contributed by atoms with Gasteiger partial charge in [-0.25, -0.2) is 0 Å². The first-order valence-electron chi connectivity index (χ1n) is 9.24. The quantitative estimate of drug-likeness (QED) is 0.825. The number of amides is 1. The van der Waals surface area contributed by atoms with Crippen LogP contribution in [-0.4, -0.2) is 38.7 Å². The monoisotopic (exact) mass is 357 g/mol. The highest BCUT2D eigenvalue weighted by atomic mass is 16.2. The molecular formula is C19H27N5O2. The number of carbonyl (C=O) groups excluding carboxylic acids is 1. The topological polar surface area (TPSA) is 83.0 Å². The maximum Gasteiger partial charge on any atom is 0.261 e. The lowest BCUT2D eigenvalue weighted by Crippen LogP contribution is -2.34. The average molecular weight is 357 g/mol. The predicted molar refractivity (Wildman–Crippen MR) is 100 cm³/mol. The molecule has 0 bridgehead atoms. The van der Waals surface area contributed by atoms with Gasteiger partial charge in [-0.15, -0.1) is 0 Å². The third kappa shape index (κ3) is 4.04. The Balaban J connectivity index is 1.63. The molecule has 3 heterocycles. The largest absolute Gasteiger partial charge is 0.346 e. The summed E-state index contributed by atoms with van der Waals surface area (Å²) in [7, 11) is 0. The number of aromatic nitrogens is 3. The number of hydrogen-bond acceptors (Lipinski definition) is 4. The molecule has 0 saturated carbocycles. The normalized spacial score (nSPS) is 14.3. The fourth-order valence-corrected chi connectivity index (χ4v) is 3.20. The fraction of sp³-hybridized carbons (Fsp3) is 0.526. The van der Waals surface area contributed by atoms with Crippen molar-refractivity contribution in [2.24, 2.45) is 0 Å². The summed E-state index contributed by atoms with van der Waals surface area (Å²) in [6.07, 6.45) is 2.41. The van der Waals surface area contributed by atoms with Gasteiger partial charge in [0.1, 0.15) is 5.56 Å². The molecule has 1 amide bonds. The number of nitrogens with one attached hydrogen (secondary N) is 2. The summed E-state index contributed by atoms with van der Waals surface area (Å²) in [6, 6.07) is 3.68. The van der Waals surface area contributed by atoms with Gasteiger partial charge in [0.2, 0.25) is 0 Å². The molecule has 0 aromatic carbocycles. The van der Waals surface area contributed by atoms with Gasteiger partial charge in [-0.05, 0) is 44.5 Å². The molecule has 0 atom stereocenters. The highest BCUT2D eigenvalue weighted by Crippen LogP contribution is 2.14. The third-order valence-electron chi connectivity index (χ3n) is 4.93. The lowest BCUT2D eigenvalue weighted by atomic mass is 10.1. The molecule has 0 unspecified atom stereocenters. The first-order chi connectivity index (χ1) is 12.5. The Morgan fingerprint density at radius 1 is 1.31 bits per heavy atom. The molecule has 7 heteroatoms. The van der Waals surface area contributed by atoms with E-state index in [4.69, 9.17) is 0 Å². The second-order valence-electron chi connectivity index (χ2n) is 6.98. The van der Waals surface area contributed by atoms with Gasteiger partial charge >= 0.3 is 0 Å². The molecule has 0 radical (unpaired) electrons. The lowest BCUT2D eigenvalue weighted by Gasteiger charge is -2.27. The van der Waals surface area contributed by atoms with Crippen LogP contribution in [0.5, 0.6) is 0 Å². The first kappa shape index (κ1) is 18.4. The zero-order valence-electron chi connectivity index (χ0n) is 15.8. The van der Waals surface area contributed by atoms with E-state index in [9.17, 15) is 9.59 Å². The Hall–Kier alpha value is -2.41. The molecular weight excluding hydrogens is 330 g/mol. The zero-order chi connectivity index (χ0) is 18.7. The molecule has 0 saturated heterocycles. The maximum absolute atomic E-state index is 12.3. The number of fused-ring (bicyclic) bond motifs is 1. The molecule has 2 N–H and O–H groups in total. The van der Waals surface area contributed by atoms with Gasteiger partial charge in [-0.1, -0.05) is 13.3 Å². The molecule has 140 valence electrons. The van der Waals surface area contributed by atoms with Crippen LogP contribution < -0.4 is 10.9 Å². The van der Waals surface area contributed by atoms with Crippen LogP contribution in [0.4, 0.5) is 0 Å². The van der Waals surface area contributed by atoms with Gasteiger partial charge in [0.05, 0.1) is 24.5 Å². The van der Waals surface area contributed by atoms with E-state index >= 15 is 0 Å². The summed E-state index contributed by atoms with van der Waals surface area (Å²) in [4.78, 5) is 29.5. The number of rotatable bonds is 6. The number of pyridine rings is 1. The number of aryl methyl sites for hydroxylation is 2. The summed E-state index contributed by atoms with van der Waals surface area (Å²) in [5.74, 6) is -0.370. The molecule has 1 aliphatic heterocycles. The van der Waals surface area contributed by atoms with Crippen LogP contribution in [0.3, 0.4) is 0 Å². The van der Waals surface area contributed by atoms with Crippen LogP contribution >= 0.6 is 0 Å². The van der Waals surface area contributed by atoms with Crippen molar-refractivity contribution in [3.8, 4) is 0 Å². The standard InChI is InChI=1S/C19H27N5O2/c1-4-5-6-23-7-8-24-16(12-23)10-15(22-24)11-20-18(25)17-9-13(2)14(3)21-19(17)26/h9-10H,4-8,11-12H2,1-3H3,(H,20,25)(H,21,26). The number of aromatic amines is 1. The van der Waals surface area contributed by atoms with E-state index in [2.05, 4.69) is 27.2 Å². The van der Waals surface area contributed by atoms with E-state index in [0.29, 0.717) is 6.54 Å². The summed E-state index contributed by atoms with van der Waals surface area (Å²) >= 11 is 0. The number of carbonyl (C=O) groups is 1. The molecule has 0 spiro atoms. The van der Waals surface area contributed by atoms with Gasteiger partial charge in [0, 0.05) is 18.8 Å². The molecule has 7 nitrogen and oxygen atoms in total. The Morgan fingerprint density at radius 2 is 2.12 bits per heavy atom. The van der Waals surface area contributed by atoms with Crippen molar-refractivity contribution in [3.05, 3.63) is 50.7 Å². The minimum absolute atomic E-state index is 0.141. The minimum Gasteiger partial charge on any atom is -0.346 e. The van der Waals surface area contributed by atoms with Crippen molar-refractivity contribution in [1.82, 2.24) is 25.0 Å². The molecule has 1 aliphatic rings. The Kier molecular flexibility index (Phi) is 5.56. The van der Waals surface area contributed by atoms with Crippen molar-refractivity contribution in [1.29, 1.82) is 0 Å². The summed E-state index contributed by atoms with van der Waals surface area (Å²) in [5.41, 5.74) is 3.45. The van der Waals surface area contributed by atoms with Crippen LogP contribution in [0, 0.1) is 13.8 Å². The smallest absolute Gasteiger partial charge is 0.261 e. The van der Waals surface area contributed by atoms with Crippen molar-refractivity contribution >= 4 is 5.91 Å². The summed E-state index contributed by atoms with van der Waals surface area (Å²) < 4.78 is 2.02. The van der Waals surface area contributed by atoms with Crippen LogP contribution in [0.1, 0.15) is 52.8 Å². The van der Waals surface area contributed by atoms with Crippen molar-refractivity contribution < 1.29 is 4.79 Å². The minimum atomic E-state index is -0.370. The third-order valence-corrected chi connectivity index (χ3v) is 4.93. The van der Waals surface area contributed by atoms with E-state index in [0.717, 1.165) is 43.1 Å². The van der Waals surface area contributed by atoms with Crippen molar-refractivity contribution in [3.63, 3.8) is 0 Å². The predicted octanol–water partition coefficient (Wildman–Crippen LogP) is 1.73. The van der Waals surface area contributed by atoms with E-state index < -0.39 is 0 Å². The van der Waals surface area contributed by atoms with Crippen molar-refractivity contribution in [2.75, 3.05) is 13.1 Å². The molecule has 3 rings (SSSR count). The van der Waals surface area contributed by atoms with E-state index in [1.807, 2.05) is 24.6 Å². The fourth-order valence-electron chi connectivity index (χ4n) is 3.20. The molecule has 26 heavy (non-hydrogen) atoms. The molecule has 2 aromatic rings. The summed E-state index contributed by atoms with van der Waals surface area (Å²) in [5, 5.41) is 7.38. The van der Waals surface area contributed by atoms with Crippen LogP contribution in [-0.2, 0) is 19.6 Å². The number of unbranched alkanes of at least 4 members (excludes halogenated alkanes) is 1. The van der Waals surface area contributed by atoms with E-state index in [1.165, 1.54) is 18.5 Å². The van der Waals surface area contributed by atoms with Gasteiger partial charge in [-0.3, -0.25) is 19.2 Å². The van der Waals surface area contributed by atoms with Gasteiger partial charge in [0.25, 0.3) is 11.5 Å². The van der Waals surface area contributed by atoms with Crippen LogP contribution in [0.25, 0.3) is 0 Å². The van der Waals surface area contributed by atoms with Gasteiger partial charge < -0.3 is 10.3 Å². The van der Waals surface area contributed by atoms with E-state index in [-0.39, 0.29) is 17.0 Å². The number of nitrogens with zero attached hydrogens (tertiary/aromatic N) is 3. The Bertz CT molecular complexity index is 852. The molecule has 2 aromatic heterocycles. The van der Waals surface area contributed by atoms with Gasteiger partial charge in [0.15, 0.2) is 0 Å². The Morgan fingerprint density at radius 3 is 2.88 bits per heavy atom. The van der Waals surface area contributed by atoms with Crippen LogP contribution in [0.15, 0.2) is 16.9 Å². The molecule has 0 fully saturated rings.